The lowest BCUT2D eigenvalue weighted by Gasteiger charge is -2.06. The molecule has 1 aromatic heterocycles. The maximum absolute atomic E-state index is 12.0. The van der Waals surface area contributed by atoms with Crippen molar-refractivity contribution < 1.29 is 4.79 Å². The second-order valence-electron chi connectivity index (χ2n) is 4.00. The Morgan fingerprint density at radius 1 is 1.26 bits per heavy atom. The summed E-state index contributed by atoms with van der Waals surface area (Å²) < 4.78 is 0.666. The number of carbonyl (C=O) groups is 1. The van der Waals surface area contributed by atoms with E-state index in [4.69, 9.17) is 5.73 Å². The molecular formula is C12H12BrN5O. The first-order chi connectivity index (χ1) is 8.97. The number of nitrogens with two attached hydrogens (primary N) is 1. The molecule has 1 aromatic carbocycles. The number of rotatable bonds is 2. The van der Waals surface area contributed by atoms with E-state index in [1.165, 1.54) is 0 Å². The minimum atomic E-state index is -0.314. The van der Waals surface area contributed by atoms with Gasteiger partial charge in [0, 0.05) is 15.7 Å². The van der Waals surface area contributed by atoms with Crippen LogP contribution < -0.4 is 11.1 Å². The number of aromatic nitrogens is 3. The molecule has 0 aliphatic rings. The zero-order chi connectivity index (χ0) is 14.0. The van der Waals surface area contributed by atoms with Gasteiger partial charge >= 0.3 is 0 Å². The van der Waals surface area contributed by atoms with Crippen LogP contribution in [-0.2, 0) is 0 Å². The number of anilines is 2. The largest absolute Gasteiger partial charge is 0.398 e. The van der Waals surface area contributed by atoms with Crippen molar-refractivity contribution in [3.8, 4) is 0 Å². The van der Waals surface area contributed by atoms with E-state index in [0.29, 0.717) is 15.7 Å². The number of aryl methyl sites for hydroxylation is 2. The summed E-state index contributed by atoms with van der Waals surface area (Å²) in [6.07, 6.45) is 0. The molecule has 0 unspecified atom stereocenters. The Labute approximate surface area is 118 Å². The van der Waals surface area contributed by atoms with Crippen molar-refractivity contribution in [1.82, 2.24) is 15.2 Å². The minimum Gasteiger partial charge on any atom is -0.398 e. The lowest BCUT2D eigenvalue weighted by molar-refractivity contribution is 0.102. The van der Waals surface area contributed by atoms with Gasteiger partial charge in [0.25, 0.3) is 5.91 Å². The molecular weight excluding hydrogens is 310 g/mol. The molecule has 0 saturated carbocycles. The Kier molecular flexibility index (Phi) is 3.75. The number of carbonyl (C=O) groups excluding carboxylic acids is 1. The van der Waals surface area contributed by atoms with E-state index in [9.17, 15) is 4.79 Å². The van der Waals surface area contributed by atoms with Gasteiger partial charge in [-0.2, -0.15) is 5.10 Å². The maximum Gasteiger partial charge on any atom is 0.258 e. The van der Waals surface area contributed by atoms with Gasteiger partial charge in [0.2, 0.25) is 5.95 Å². The number of nitrogen functional groups attached to an aromatic ring is 1. The van der Waals surface area contributed by atoms with Crippen molar-refractivity contribution >= 4 is 33.5 Å². The third-order valence-electron chi connectivity index (χ3n) is 2.58. The van der Waals surface area contributed by atoms with Crippen LogP contribution >= 0.6 is 15.9 Å². The van der Waals surface area contributed by atoms with E-state index in [0.717, 1.165) is 11.4 Å². The molecule has 0 spiro atoms. The summed E-state index contributed by atoms with van der Waals surface area (Å²) >= 11 is 3.27. The number of halogens is 1. The van der Waals surface area contributed by atoms with Crippen LogP contribution in [0.2, 0.25) is 0 Å². The summed E-state index contributed by atoms with van der Waals surface area (Å²) in [5.41, 5.74) is 8.15. The van der Waals surface area contributed by atoms with Crippen molar-refractivity contribution in [2.75, 3.05) is 11.1 Å². The van der Waals surface area contributed by atoms with Gasteiger partial charge in [0.15, 0.2) is 0 Å². The van der Waals surface area contributed by atoms with Crippen molar-refractivity contribution in [3.63, 3.8) is 0 Å². The monoisotopic (exact) mass is 321 g/mol. The van der Waals surface area contributed by atoms with Gasteiger partial charge in [-0.05, 0) is 48.0 Å². The average Bonchev–Trinajstić information content (AvgIpc) is 2.37. The molecule has 2 rings (SSSR count). The molecule has 0 saturated heterocycles. The standard InChI is InChI=1S/C12H12BrN5O/c1-6-7(2)17-18-12(15-6)16-11(19)8-3-4-10(14)9(13)5-8/h3-5H,14H2,1-2H3,(H,15,16,18,19). The van der Waals surface area contributed by atoms with E-state index in [1.54, 1.807) is 32.0 Å². The molecule has 6 nitrogen and oxygen atoms in total. The van der Waals surface area contributed by atoms with Crippen molar-refractivity contribution in [2.45, 2.75) is 13.8 Å². The molecule has 1 amide bonds. The lowest BCUT2D eigenvalue weighted by atomic mass is 10.2. The Morgan fingerprint density at radius 3 is 2.63 bits per heavy atom. The van der Waals surface area contributed by atoms with Gasteiger partial charge in [0.05, 0.1) is 11.4 Å². The molecule has 0 aliphatic carbocycles. The van der Waals surface area contributed by atoms with Crippen LogP contribution in [0.25, 0.3) is 0 Å². The molecule has 0 fully saturated rings. The van der Waals surface area contributed by atoms with Crippen molar-refractivity contribution in [3.05, 3.63) is 39.6 Å². The lowest BCUT2D eigenvalue weighted by Crippen LogP contribution is -2.15. The molecule has 0 bridgehead atoms. The van der Waals surface area contributed by atoms with E-state index >= 15 is 0 Å². The van der Waals surface area contributed by atoms with Crippen LogP contribution in [0.1, 0.15) is 21.7 Å². The first-order valence-corrected chi connectivity index (χ1v) is 6.31. The van der Waals surface area contributed by atoms with Gasteiger partial charge in [-0.3, -0.25) is 10.1 Å². The number of nitrogens with one attached hydrogen (secondary N) is 1. The second-order valence-corrected chi connectivity index (χ2v) is 4.85. The molecule has 7 heteroatoms. The van der Waals surface area contributed by atoms with Gasteiger partial charge < -0.3 is 5.73 Å². The molecule has 2 aromatic rings. The molecule has 1 heterocycles. The highest BCUT2D eigenvalue weighted by atomic mass is 79.9. The molecule has 98 valence electrons. The topological polar surface area (TPSA) is 93.8 Å². The molecule has 19 heavy (non-hydrogen) atoms. The molecule has 0 aliphatic heterocycles. The minimum absolute atomic E-state index is 0.182. The summed E-state index contributed by atoms with van der Waals surface area (Å²) in [6, 6.07) is 4.92. The first kappa shape index (κ1) is 13.4. The van der Waals surface area contributed by atoms with Crippen molar-refractivity contribution in [1.29, 1.82) is 0 Å². The van der Waals surface area contributed by atoms with Crippen LogP contribution in [0.4, 0.5) is 11.6 Å². The zero-order valence-electron chi connectivity index (χ0n) is 10.4. The van der Waals surface area contributed by atoms with Gasteiger partial charge in [0.1, 0.15) is 0 Å². The van der Waals surface area contributed by atoms with Gasteiger partial charge in [-0.15, -0.1) is 5.10 Å². The van der Waals surface area contributed by atoms with Crippen LogP contribution in [-0.4, -0.2) is 21.1 Å². The summed E-state index contributed by atoms with van der Waals surface area (Å²) in [6.45, 7) is 3.61. The Hall–Kier alpha value is -2.02. The summed E-state index contributed by atoms with van der Waals surface area (Å²) in [5, 5.41) is 10.3. The van der Waals surface area contributed by atoms with E-state index in [1.807, 2.05) is 0 Å². The zero-order valence-corrected chi connectivity index (χ0v) is 12.0. The van der Waals surface area contributed by atoms with Gasteiger partial charge in [-0.25, -0.2) is 4.98 Å². The van der Waals surface area contributed by atoms with E-state index in [-0.39, 0.29) is 11.9 Å². The highest BCUT2D eigenvalue weighted by molar-refractivity contribution is 9.10. The average molecular weight is 322 g/mol. The van der Waals surface area contributed by atoms with E-state index in [2.05, 4.69) is 36.4 Å². The summed E-state index contributed by atoms with van der Waals surface area (Å²) in [4.78, 5) is 16.1. The first-order valence-electron chi connectivity index (χ1n) is 5.51. The second kappa shape index (κ2) is 5.31. The third kappa shape index (κ3) is 3.05. The molecule has 3 N–H and O–H groups in total. The van der Waals surface area contributed by atoms with Crippen LogP contribution in [0, 0.1) is 13.8 Å². The van der Waals surface area contributed by atoms with Crippen LogP contribution in [0.5, 0.6) is 0 Å². The van der Waals surface area contributed by atoms with Gasteiger partial charge in [-0.1, -0.05) is 0 Å². The van der Waals surface area contributed by atoms with Crippen molar-refractivity contribution in [2.24, 2.45) is 0 Å². The normalized spacial score (nSPS) is 10.3. The number of amides is 1. The number of hydrogen-bond donors (Lipinski definition) is 2. The highest BCUT2D eigenvalue weighted by Crippen LogP contribution is 2.20. The Morgan fingerprint density at radius 2 is 2.00 bits per heavy atom. The fourth-order valence-corrected chi connectivity index (χ4v) is 1.73. The number of nitrogens with zero attached hydrogens (tertiary/aromatic N) is 3. The van der Waals surface area contributed by atoms with Crippen LogP contribution in [0.15, 0.2) is 22.7 Å². The van der Waals surface area contributed by atoms with E-state index < -0.39 is 0 Å². The Balaban J connectivity index is 2.20. The Bertz CT molecular complexity index is 644. The predicted octanol–water partition coefficient (Wildman–Crippen LogP) is 2.09. The predicted molar refractivity (Wildman–Crippen MR) is 75.8 cm³/mol. The fourth-order valence-electron chi connectivity index (χ4n) is 1.35. The number of hydrogen-bond acceptors (Lipinski definition) is 5. The maximum atomic E-state index is 12.0. The highest BCUT2D eigenvalue weighted by Gasteiger charge is 2.10. The smallest absolute Gasteiger partial charge is 0.258 e. The summed E-state index contributed by atoms with van der Waals surface area (Å²) in [7, 11) is 0. The fraction of sp³-hybridized carbons (Fsp3) is 0.167. The summed E-state index contributed by atoms with van der Waals surface area (Å²) in [5.74, 6) is -0.133. The molecule has 0 radical (unpaired) electrons. The SMILES string of the molecule is Cc1nnc(NC(=O)c2ccc(N)c(Br)c2)nc1C. The molecule has 0 atom stereocenters. The number of benzene rings is 1. The quantitative estimate of drug-likeness (QED) is 0.826. The van der Waals surface area contributed by atoms with Crippen LogP contribution in [0.3, 0.4) is 0 Å². The third-order valence-corrected chi connectivity index (χ3v) is 3.27.